The molecule has 2 amide bonds. The van der Waals surface area contributed by atoms with Gasteiger partial charge in [-0.25, -0.2) is 4.98 Å². The average Bonchev–Trinajstić information content (AvgIpc) is 3.32. The van der Waals surface area contributed by atoms with Gasteiger partial charge in [-0.1, -0.05) is 0 Å². The van der Waals surface area contributed by atoms with Crippen LogP contribution in [0.3, 0.4) is 0 Å². The van der Waals surface area contributed by atoms with Crippen LogP contribution in [0.4, 0.5) is 0 Å². The van der Waals surface area contributed by atoms with Gasteiger partial charge in [0.1, 0.15) is 0 Å². The molecule has 0 radical (unpaired) electrons. The van der Waals surface area contributed by atoms with Crippen molar-refractivity contribution in [3.05, 3.63) is 23.0 Å². The Balaban J connectivity index is 1.56. The molecular formula is C17H23N5O2S. The molecule has 2 aromatic heterocycles. The summed E-state index contributed by atoms with van der Waals surface area (Å²) in [6.45, 7) is 5.63. The lowest BCUT2D eigenvalue weighted by Gasteiger charge is -2.18. The van der Waals surface area contributed by atoms with E-state index >= 15 is 0 Å². The fourth-order valence-electron chi connectivity index (χ4n) is 3.82. The first-order valence-electron chi connectivity index (χ1n) is 8.85. The van der Waals surface area contributed by atoms with Crippen molar-refractivity contribution in [3.8, 4) is 0 Å². The third-order valence-electron chi connectivity index (χ3n) is 5.01. The lowest BCUT2D eigenvalue weighted by molar-refractivity contribution is -0.119. The van der Waals surface area contributed by atoms with Crippen LogP contribution >= 0.6 is 11.3 Å². The van der Waals surface area contributed by atoms with E-state index in [0.29, 0.717) is 12.2 Å². The van der Waals surface area contributed by atoms with Crippen LogP contribution in [-0.2, 0) is 11.3 Å². The summed E-state index contributed by atoms with van der Waals surface area (Å²) < 4.78 is 2.04. The predicted octanol–water partition coefficient (Wildman–Crippen LogP) is 1.34. The minimum absolute atomic E-state index is 0.0151. The zero-order valence-electron chi connectivity index (χ0n) is 14.4. The van der Waals surface area contributed by atoms with Gasteiger partial charge in [0, 0.05) is 57.3 Å². The van der Waals surface area contributed by atoms with Gasteiger partial charge in [0.15, 0.2) is 10.7 Å². The molecule has 2 aliphatic rings. The Kier molecular flexibility index (Phi) is 4.47. The van der Waals surface area contributed by atoms with Crippen molar-refractivity contribution in [3.63, 3.8) is 0 Å². The van der Waals surface area contributed by atoms with Crippen LogP contribution in [-0.4, -0.2) is 63.2 Å². The molecular weight excluding hydrogens is 338 g/mol. The molecule has 25 heavy (non-hydrogen) atoms. The molecule has 4 heterocycles. The summed E-state index contributed by atoms with van der Waals surface area (Å²) in [6.07, 6.45) is 5.09. The number of hydrogen-bond acceptors (Lipinski definition) is 5. The number of likely N-dealkylation sites (tertiary alicyclic amines) is 2. The molecule has 0 bridgehead atoms. The smallest absolute Gasteiger partial charge is 0.274 e. The minimum Gasteiger partial charge on any atom is -0.352 e. The number of imidazole rings is 1. The van der Waals surface area contributed by atoms with Gasteiger partial charge in [0.05, 0.1) is 5.69 Å². The van der Waals surface area contributed by atoms with Gasteiger partial charge in [-0.2, -0.15) is 0 Å². The van der Waals surface area contributed by atoms with Crippen LogP contribution < -0.4 is 5.32 Å². The van der Waals surface area contributed by atoms with Gasteiger partial charge < -0.3 is 10.2 Å². The maximum absolute atomic E-state index is 12.9. The molecule has 134 valence electrons. The second-order valence-electron chi connectivity index (χ2n) is 6.88. The van der Waals surface area contributed by atoms with E-state index in [1.165, 1.54) is 0 Å². The van der Waals surface area contributed by atoms with Gasteiger partial charge >= 0.3 is 0 Å². The summed E-state index contributed by atoms with van der Waals surface area (Å²) in [7, 11) is 0. The van der Waals surface area contributed by atoms with E-state index in [4.69, 9.17) is 0 Å². The largest absolute Gasteiger partial charge is 0.352 e. The number of carbonyl (C=O) groups excluding carboxylic acids is 2. The number of hydrogen-bond donors (Lipinski definition) is 1. The first-order valence-corrected chi connectivity index (χ1v) is 9.73. The number of aromatic nitrogens is 2. The molecule has 7 nitrogen and oxygen atoms in total. The highest BCUT2D eigenvalue weighted by atomic mass is 32.1. The maximum atomic E-state index is 12.9. The molecule has 0 saturated carbocycles. The molecule has 2 fully saturated rings. The molecule has 0 aliphatic carbocycles. The third-order valence-corrected chi connectivity index (χ3v) is 5.77. The zero-order valence-corrected chi connectivity index (χ0v) is 15.2. The van der Waals surface area contributed by atoms with E-state index in [1.807, 2.05) is 20.9 Å². The summed E-state index contributed by atoms with van der Waals surface area (Å²) in [6, 6.07) is 0.195. The Morgan fingerprint density at radius 1 is 1.32 bits per heavy atom. The summed E-state index contributed by atoms with van der Waals surface area (Å²) in [4.78, 5) is 33.9. The van der Waals surface area contributed by atoms with E-state index in [2.05, 4.69) is 15.2 Å². The zero-order chi connectivity index (χ0) is 17.4. The van der Waals surface area contributed by atoms with E-state index in [9.17, 15) is 9.59 Å². The first-order chi connectivity index (χ1) is 12.1. The van der Waals surface area contributed by atoms with E-state index in [-0.39, 0.29) is 17.9 Å². The minimum atomic E-state index is 0.0151. The molecule has 4 rings (SSSR count). The van der Waals surface area contributed by atoms with Crippen molar-refractivity contribution >= 4 is 28.1 Å². The Bertz CT molecular complexity index is 792. The van der Waals surface area contributed by atoms with Crippen LogP contribution in [0, 0.1) is 0 Å². The Morgan fingerprint density at radius 3 is 2.88 bits per heavy atom. The van der Waals surface area contributed by atoms with Crippen molar-refractivity contribution in [1.82, 2.24) is 24.5 Å². The molecule has 1 unspecified atom stereocenters. The van der Waals surface area contributed by atoms with E-state index < -0.39 is 0 Å². The second kappa shape index (κ2) is 6.76. The number of fused-ring (bicyclic) bond motifs is 1. The molecule has 1 N–H and O–H groups in total. The van der Waals surface area contributed by atoms with Crippen molar-refractivity contribution < 1.29 is 9.59 Å². The second-order valence-corrected chi connectivity index (χ2v) is 7.76. The highest BCUT2D eigenvalue weighted by molar-refractivity contribution is 7.15. The van der Waals surface area contributed by atoms with Crippen LogP contribution in [0.15, 0.2) is 11.6 Å². The van der Waals surface area contributed by atoms with Crippen LogP contribution in [0.25, 0.3) is 4.96 Å². The Morgan fingerprint density at radius 2 is 2.12 bits per heavy atom. The number of amides is 2. The fourth-order valence-corrected chi connectivity index (χ4v) is 4.55. The standard InChI is InChI=1S/C17H23N5O2S/c1-12(23)18-13-4-7-20(10-13)11-14-15(16(24)21-5-2-3-6-21)19-17-22(14)8-9-25-17/h8-9,13H,2-7,10-11H2,1H3,(H,18,23). The molecule has 8 heteroatoms. The number of thiazole rings is 1. The van der Waals surface area contributed by atoms with Gasteiger partial charge in [-0.3, -0.25) is 18.9 Å². The lowest BCUT2D eigenvalue weighted by atomic mass is 10.2. The van der Waals surface area contributed by atoms with Crippen molar-refractivity contribution in [2.45, 2.75) is 38.8 Å². The molecule has 2 aromatic rings. The fraction of sp³-hybridized carbons (Fsp3) is 0.588. The number of rotatable bonds is 4. The molecule has 0 aromatic carbocycles. The van der Waals surface area contributed by atoms with Crippen molar-refractivity contribution in [2.75, 3.05) is 26.2 Å². The third kappa shape index (κ3) is 3.28. The number of carbonyl (C=O) groups is 2. The van der Waals surface area contributed by atoms with Crippen LogP contribution in [0.5, 0.6) is 0 Å². The molecule has 1 atom stereocenters. The van der Waals surface area contributed by atoms with Crippen molar-refractivity contribution in [1.29, 1.82) is 0 Å². The molecule has 2 aliphatic heterocycles. The topological polar surface area (TPSA) is 70.0 Å². The van der Waals surface area contributed by atoms with E-state index in [0.717, 1.165) is 56.1 Å². The van der Waals surface area contributed by atoms with Gasteiger partial charge in [0.25, 0.3) is 5.91 Å². The Labute approximate surface area is 150 Å². The SMILES string of the molecule is CC(=O)NC1CCN(Cc2c(C(=O)N3CCCC3)nc3sccn23)C1. The summed E-state index contributed by atoms with van der Waals surface area (Å²) in [5.41, 5.74) is 1.56. The monoisotopic (exact) mass is 361 g/mol. The summed E-state index contributed by atoms with van der Waals surface area (Å²) in [5, 5.41) is 4.99. The normalized spacial score (nSPS) is 21.3. The highest BCUT2D eigenvalue weighted by Gasteiger charge is 2.29. The van der Waals surface area contributed by atoms with Gasteiger partial charge in [-0.05, 0) is 19.3 Å². The maximum Gasteiger partial charge on any atom is 0.274 e. The Hall–Kier alpha value is -1.93. The van der Waals surface area contributed by atoms with Gasteiger partial charge in [-0.15, -0.1) is 11.3 Å². The number of nitrogens with zero attached hydrogens (tertiary/aromatic N) is 4. The molecule has 2 saturated heterocycles. The first kappa shape index (κ1) is 16.5. The van der Waals surface area contributed by atoms with Crippen LogP contribution in [0.2, 0.25) is 0 Å². The predicted molar refractivity (Wildman–Crippen MR) is 95.7 cm³/mol. The van der Waals surface area contributed by atoms with Crippen molar-refractivity contribution in [2.24, 2.45) is 0 Å². The highest BCUT2D eigenvalue weighted by Crippen LogP contribution is 2.23. The average molecular weight is 361 g/mol. The van der Waals surface area contributed by atoms with Gasteiger partial charge in [0.2, 0.25) is 5.91 Å². The lowest BCUT2D eigenvalue weighted by Crippen LogP contribution is -2.35. The number of nitrogens with one attached hydrogen (secondary N) is 1. The van der Waals surface area contributed by atoms with Crippen LogP contribution in [0.1, 0.15) is 42.4 Å². The molecule has 0 spiro atoms. The quantitative estimate of drug-likeness (QED) is 0.892. The van der Waals surface area contributed by atoms with E-state index in [1.54, 1.807) is 18.3 Å². The summed E-state index contributed by atoms with van der Waals surface area (Å²) in [5.74, 6) is 0.0716. The summed E-state index contributed by atoms with van der Waals surface area (Å²) >= 11 is 1.55.